The topological polar surface area (TPSA) is 59.8 Å². The minimum absolute atomic E-state index is 0.0275. The Bertz CT molecular complexity index is 1110. The largest absolute Gasteiger partial charge is 0.353 e. The number of rotatable bonds is 7. The first-order valence-corrected chi connectivity index (χ1v) is 12.6. The van der Waals surface area contributed by atoms with E-state index < -0.39 is 0 Å². The van der Waals surface area contributed by atoms with Crippen LogP contribution in [0.15, 0.2) is 47.6 Å². The van der Waals surface area contributed by atoms with Crippen molar-refractivity contribution in [1.29, 1.82) is 0 Å². The van der Waals surface area contributed by atoms with Gasteiger partial charge in [0, 0.05) is 16.6 Å². The first kappa shape index (κ1) is 23.1. The van der Waals surface area contributed by atoms with E-state index in [-0.39, 0.29) is 11.7 Å². The number of para-hydroxylation sites is 1. The fourth-order valence-electron chi connectivity index (χ4n) is 4.07. The van der Waals surface area contributed by atoms with Gasteiger partial charge in [-0.05, 0) is 48.6 Å². The third-order valence-corrected chi connectivity index (χ3v) is 7.13. The molecular formula is C24H26Cl2N4OS. The van der Waals surface area contributed by atoms with Crippen LogP contribution in [0.1, 0.15) is 51.0 Å². The smallest absolute Gasteiger partial charge is 0.230 e. The van der Waals surface area contributed by atoms with E-state index in [0.717, 1.165) is 29.7 Å². The van der Waals surface area contributed by atoms with Crippen LogP contribution >= 0.6 is 35.0 Å². The second-order valence-corrected chi connectivity index (χ2v) is 10.1. The summed E-state index contributed by atoms with van der Waals surface area (Å²) >= 11 is 14.0. The Morgan fingerprint density at radius 2 is 1.91 bits per heavy atom. The van der Waals surface area contributed by atoms with Crippen LogP contribution in [0, 0.1) is 0 Å². The van der Waals surface area contributed by atoms with Crippen LogP contribution in [0.4, 0.5) is 0 Å². The zero-order chi connectivity index (χ0) is 22.7. The highest BCUT2D eigenvalue weighted by Gasteiger charge is 2.23. The highest BCUT2D eigenvalue weighted by atomic mass is 35.5. The molecule has 1 heterocycles. The van der Waals surface area contributed by atoms with Crippen molar-refractivity contribution in [2.75, 3.05) is 5.75 Å². The Labute approximate surface area is 202 Å². The van der Waals surface area contributed by atoms with Gasteiger partial charge in [-0.1, -0.05) is 79.9 Å². The lowest BCUT2D eigenvalue weighted by Gasteiger charge is -2.17. The number of aromatic nitrogens is 3. The van der Waals surface area contributed by atoms with Crippen molar-refractivity contribution >= 4 is 40.9 Å². The number of nitrogens with zero attached hydrogens (tertiary/aromatic N) is 3. The van der Waals surface area contributed by atoms with E-state index in [9.17, 15) is 4.79 Å². The maximum Gasteiger partial charge on any atom is 0.230 e. The quantitative estimate of drug-likeness (QED) is 0.384. The fourth-order valence-corrected chi connectivity index (χ4v) is 5.32. The van der Waals surface area contributed by atoms with Crippen LogP contribution in [0.25, 0.3) is 17.1 Å². The molecule has 2 aromatic carbocycles. The van der Waals surface area contributed by atoms with Gasteiger partial charge in [0.1, 0.15) is 0 Å². The number of hydrogen-bond acceptors (Lipinski definition) is 4. The summed E-state index contributed by atoms with van der Waals surface area (Å²) in [5, 5.41) is 13.8. The zero-order valence-corrected chi connectivity index (χ0v) is 20.5. The molecule has 1 amide bonds. The molecule has 0 saturated heterocycles. The monoisotopic (exact) mass is 488 g/mol. The summed E-state index contributed by atoms with van der Waals surface area (Å²) in [4.78, 5) is 12.5. The maximum absolute atomic E-state index is 12.5. The number of thioether (sulfide) groups is 1. The van der Waals surface area contributed by atoms with E-state index in [2.05, 4.69) is 41.5 Å². The Morgan fingerprint density at radius 3 is 2.62 bits per heavy atom. The molecule has 1 N–H and O–H groups in total. The lowest BCUT2D eigenvalue weighted by molar-refractivity contribution is -0.119. The van der Waals surface area contributed by atoms with Crippen molar-refractivity contribution in [1.82, 2.24) is 20.1 Å². The van der Waals surface area contributed by atoms with Crippen LogP contribution < -0.4 is 5.32 Å². The second-order valence-electron chi connectivity index (χ2n) is 8.32. The van der Waals surface area contributed by atoms with E-state index in [1.165, 1.54) is 24.6 Å². The van der Waals surface area contributed by atoms with Gasteiger partial charge in [0.05, 0.1) is 16.5 Å². The molecule has 0 spiro atoms. The molecular weight excluding hydrogens is 463 g/mol. The minimum Gasteiger partial charge on any atom is -0.353 e. The molecule has 32 heavy (non-hydrogen) atoms. The minimum atomic E-state index is 0.0275. The predicted molar refractivity (Wildman–Crippen MR) is 132 cm³/mol. The molecule has 1 aliphatic carbocycles. The van der Waals surface area contributed by atoms with Crippen molar-refractivity contribution in [3.63, 3.8) is 0 Å². The van der Waals surface area contributed by atoms with Gasteiger partial charge in [-0.2, -0.15) is 0 Å². The third-order valence-electron chi connectivity index (χ3n) is 5.66. The predicted octanol–water partition coefficient (Wildman–Crippen LogP) is 6.52. The van der Waals surface area contributed by atoms with Crippen LogP contribution in [0.3, 0.4) is 0 Å². The van der Waals surface area contributed by atoms with Gasteiger partial charge in [0.2, 0.25) is 5.91 Å². The molecule has 3 aromatic rings. The molecule has 1 aliphatic rings. The van der Waals surface area contributed by atoms with Crippen LogP contribution in [-0.4, -0.2) is 32.5 Å². The summed E-state index contributed by atoms with van der Waals surface area (Å²) in [5.41, 5.74) is 2.88. The third kappa shape index (κ3) is 5.13. The number of benzene rings is 2. The molecule has 0 atom stereocenters. The number of carbonyl (C=O) groups is 1. The van der Waals surface area contributed by atoms with Crippen LogP contribution in [-0.2, 0) is 4.79 Å². The number of nitrogens with one attached hydrogen (secondary N) is 1. The Hall–Kier alpha value is -2.02. The van der Waals surface area contributed by atoms with Crippen molar-refractivity contribution < 1.29 is 4.79 Å². The van der Waals surface area contributed by atoms with E-state index in [4.69, 9.17) is 23.2 Å². The number of carbonyl (C=O) groups excluding carboxylic acids is 1. The standard InChI is InChI=1S/C24H26Cl2N4OS/c1-15(2)18-9-5-6-10-21(18)30-23(19-12-11-16(25)13-20(19)26)28-29-24(30)32-14-22(31)27-17-7-3-4-8-17/h5-6,9-13,15,17H,3-4,7-8,14H2,1-2H3,(H,27,31). The van der Waals surface area contributed by atoms with Gasteiger partial charge in [-0.15, -0.1) is 10.2 Å². The van der Waals surface area contributed by atoms with Gasteiger partial charge < -0.3 is 5.32 Å². The summed E-state index contributed by atoms with van der Waals surface area (Å²) < 4.78 is 2.00. The lowest BCUT2D eigenvalue weighted by Crippen LogP contribution is -2.33. The molecule has 0 bridgehead atoms. The molecule has 5 nitrogen and oxygen atoms in total. The summed E-state index contributed by atoms with van der Waals surface area (Å²) in [7, 11) is 0. The van der Waals surface area contributed by atoms with Crippen molar-refractivity contribution in [2.24, 2.45) is 0 Å². The second kappa shape index (κ2) is 10.3. The average molecular weight is 489 g/mol. The molecule has 0 unspecified atom stereocenters. The van der Waals surface area contributed by atoms with Crippen molar-refractivity contribution in [3.8, 4) is 17.1 Å². The maximum atomic E-state index is 12.5. The molecule has 1 fully saturated rings. The molecule has 0 aliphatic heterocycles. The molecule has 8 heteroatoms. The van der Waals surface area contributed by atoms with Gasteiger partial charge >= 0.3 is 0 Å². The fraction of sp³-hybridized carbons (Fsp3) is 0.375. The van der Waals surface area contributed by atoms with E-state index in [1.54, 1.807) is 12.1 Å². The van der Waals surface area contributed by atoms with Gasteiger partial charge in [0.15, 0.2) is 11.0 Å². The first-order valence-electron chi connectivity index (χ1n) is 10.9. The van der Waals surface area contributed by atoms with Crippen molar-refractivity contribution in [2.45, 2.75) is 56.6 Å². The molecule has 1 saturated carbocycles. The first-order chi connectivity index (χ1) is 15.4. The van der Waals surface area contributed by atoms with E-state index >= 15 is 0 Å². The Morgan fingerprint density at radius 1 is 1.16 bits per heavy atom. The highest BCUT2D eigenvalue weighted by Crippen LogP contribution is 2.35. The van der Waals surface area contributed by atoms with Gasteiger partial charge in [-0.3, -0.25) is 9.36 Å². The van der Waals surface area contributed by atoms with Gasteiger partial charge in [0.25, 0.3) is 0 Å². The summed E-state index contributed by atoms with van der Waals surface area (Å²) in [6, 6.07) is 13.8. The highest BCUT2D eigenvalue weighted by molar-refractivity contribution is 7.99. The summed E-state index contributed by atoms with van der Waals surface area (Å²) in [6.07, 6.45) is 4.49. The summed E-state index contributed by atoms with van der Waals surface area (Å²) in [6.45, 7) is 4.31. The number of amides is 1. The summed E-state index contributed by atoms with van der Waals surface area (Å²) in [5.74, 6) is 1.23. The molecule has 1 aromatic heterocycles. The number of halogens is 2. The molecule has 168 valence electrons. The zero-order valence-electron chi connectivity index (χ0n) is 18.1. The SMILES string of the molecule is CC(C)c1ccccc1-n1c(SCC(=O)NC2CCCC2)nnc1-c1ccc(Cl)cc1Cl. The molecule has 4 rings (SSSR count). The van der Waals surface area contributed by atoms with Crippen LogP contribution in [0.5, 0.6) is 0 Å². The van der Waals surface area contributed by atoms with E-state index in [1.807, 2.05) is 22.8 Å². The van der Waals surface area contributed by atoms with E-state index in [0.29, 0.717) is 33.0 Å². The average Bonchev–Trinajstić information content (AvgIpc) is 3.42. The lowest BCUT2D eigenvalue weighted by atomic mass is 10.0. The Kier molecular flexibility index (Phi) is 7.44. The van der Waals surface area contributed by atoms with Crippen molar-refractivity contribution in [3.05, 3.63) is 58.1 Å². The van der Waals surface area contributed by atoms with Crippen LogP contribution in [0.2, 0.25) is 10.0 Å². The molecule has 0 radical (unpaired) electrons. The van der Waals surface area contributed by atoms with Gasteiger partial charge in [-0.25, -0.2) is 0 Å². The number of hydrogen-bond donors (Lipinski definition) is 1. The Balaban J connectivity index is 1.71. The normalized spacial score (nSPS) is 14.3.